The zero-order valence-corrected chi connectivity index (χ0v) is 19.1. The minimum Gasteiger partial charge on any atom is -0.493 e. The molecule has 4 rings (SSSR count). The average Bonchev–Trinajstić information content (AvgIpc) is 3.50. The number of quaternary nitrogens is 1. The molecular weight excluding hydrogens is 402 g/mol. The van der Waals surface area contributed by atoms with Gasteiger partial charge in [0.1, 0.15) is 12.3 Å². The summed E-state index contributed by atoms with van der Waals surface area (Å²) in [4.78, 5) is 4.69. The van der Waals surface area contributed by atoms with Crippen LogP contribution in [0.2, 0.25) is 0 Å². The maximum absolute atomic E-state index is 11.8. The van der Waals surface area contributed by atoms with Crippen LogP contribution in [0.5, 0.6) is 5.75 Å². The average molecular weight is 437 g/mol. The van der Waals surface area contributed by atoms with Gasteiger partial charge in [0.2, 0.25) is 5.82 Å². The van der Waals surface area contributed by atoms with E-state index in [-0.39, 0.29) is 5.92 Å². The van der Waals surface area contributed by atoms with Gasteiger partial charge in [-0.15, -0.1) is 0 Å². The minimum absolute atomic E-state index is 0.0934. The highest BCUT2D eigenvalue weighted by atomic mass is 16.5. The third-order valence-electron chi connectivity index (χ3n) is 6.44. The fraction of sp³-hybridized carbons (Fsp3) is 0.462. The van der Waals surface area contributed by atoms with Crippen molar-refractivity contribution in [2.45, 2.75) is 44.2 Å². The molecule has 1 aliphatic rings. The molecule has 170 valence electrons. The van der Waals surface area contributed by atoms with Gasteiger partial charge < -0.3 is 18.8 Å². The molecule has 1 saturated carbocycles. The number of rotatable bonds is 10. The molecule has 1 aromatic heterocycles. The lowest BCUT2D eigenvalue weighted by molar-refractivity contribution is -0.904. The van der Waals surface area contributed by atoms with Crippen molar-refractivity contribution in [1.29, 1.82) is 0 Å². The molecule has 3 aromatic rings. The number of aliphatic hydroxyl groups is 1. The van der Waals surface area contributed by atoms with E-state index in [4.69, 9.17) is 9.26 Å². The summed E-state index contributed by atoms with van der Waals surface area (Å²) in [6, 6.07) is 19.6. The molecule has 0 bridgehead atoms. The molecule has 0 aliphatic heterocycles. The quantitative estimate of drug-likeness (QED) is 0.373. The molecule has 1 aliphatic carbocycles. The molecule has 1 N–H and O–H groups in total. The van der Waals surface area contributed by atoms with Crippen LogP contribution in [0.3, 0.4) is 0 Å². The van der Waals surface area contributed by atoms with Crippen LogP contribution < -0.4 is 4.74 Å². The highest BCUT2D eigenvalue weighted by Crippen LogP contribution is 2.44. The van der Waals surface area contributed by atoms with Gasteiger partial charge in [0.25, 0.3) is 5.89 Å². The SMILES string of the molecule is C[N+](C)(CCCOc1ccccc1)Cc1noc(C(O)(c2ccccc2)C2CCCC2)n1. The Kier molecular flexibility index (Phi) is 6.92. The zero-order chi connectivity index (χ0) is 22.4. The van der Waals surface area contributed by atoms with E-state index in [1.807, 2.05) is 60.7 Å². The summed E-state index contributed by atoms with van der Waals surface area (Å²) in [5.74, 6) is 1.93. The number of para-hydroxylation sites is 1. The number of ether oxygens (including phenoxy) is 1. The van der Waals surface area contributed by atoms with E-state index in [1.165, 1.54) is 0 Å². The van der Waals surface area contributed by atoms with E-state index in [0.717, 1.165) is 50.0 Å². The second kappa shape index (κ2) is 9.84. The summed E-state index contributed by atoms with van der Waals surface area (Å²) in [5, 5.41) is 16.1. The first-order chi connectivity index (χ1) is 15.5. The van der Waals surface area contributed by atoms with E-state index in [1.54, 1.807) is 0 Å². The molecular formula is C26H34N3O3+. The van der Waals surface area contributed by atoms with Gasteiger partial charge in [-0.05, 0) is 30.5 Å². The highest BCUT2D eigenvalue weighted by Gasteiger charge is 2.46. The maximum atomic E-state index is 11.8. The molecule has 6 heteroatoms. The van der Waals surface area contributed by atoms with Gasteiger partial charge in [-0.1, -0.05) is 66.5 Å². The van der Waals surface area contributed by atoms with E-state index in [0.29, 0.717) is 29.3 Å². The van der Waals surface area contributed by atoms with Crippen molar-refractivity contribution in [2.75, 3.05) is 27.2 Å². The molecule has 0 radical (unpaired) electrons. The van der Waals surface area contributed by atoms with Crippen molar-refractivity contribution in [3.8, 4) is 5.75 Å². The Labute approximate surface area is 190 Å². The lowest BCUT2D eigenvalue weighted by atomic mass is 9.80. The van der Waals surface area contributed by atoms with Gasteiger partial charge in [0, 0.05) is 12.3 Å². The summed E-state index contributed by atoms with van der Waals surface area (Å²) in [7, 11) is 4.30. The third-order valence-corrected chi connectivity index (χ3v) is 6.44. The van der Waals surface area contributed by atoms with Crippen LogP contribution in [0.4, 0.5) is 0 Å². The van der Waals surface area contributed by atoms with Gasteiger partial charge in [-0.2, -0.15) is 4.98 Å². The minimum atomic E-state index is -1.23. The molecule has 6 nitrogen and oxygen atoms in total. The molecule has 1 unspecified atom stereocenters. The lowest BCUT2D eigenvalue weighted by Gasteiger charge is -2.31. The van der Waals surface area contributed by atoms with Gasteiger partial charge >= 0.3 is 0 Å². The fourth-order valence-corrected chi connectivity index (χ4v) is 4.70. The van der Waals surface area contributed by atoms with Gasteiger partial charge in [0.05, 0.1) is 27.2 Å². The lowest BCUT2D eigenvalue weighted by Crippen LogP contribution is -2.40. The summed E-state index contributed by atoms with van der Waals surface area (Å²) in [6.07, 6.45) is 5.09. The van der Waals surface area contributed by atoms with E-state index < -0.39 is 5.60 Å². The van der Waals surface area contributed by atoms with E-state index >= 15 is 0 Å². The van der Waals surface area contributed by atoms with E-state index in [2.05, 4.69) is 24.2 Å². The Bertz CT molecular complexity index is 968. The standard InChI is InChI=1S/C26H34N3O3/c1-29(2,18-11-19-31-23-16-7-4-8-17-23)20-24-27-25(32-28-24)26(30,22-14-9-10-15-22)21-12-5-3-6-13-21/h3-8,12-13,16-17,22,30H,9-11,14-15,18-20H2,1-2H3/q+1. The van der Waals surface area contributed by atoms with Crippen LogP contribution in [0.15, 0.2) is 65.2 Å². The highest BCUT2D eigenvalue weighted by molar-refractivity contribution is 5.29. The third kappa shape index (κ3) is 5.19. The smallest absolute Gasteiger partial charge is 0.263 e. The molecule has 1 atom stereocenters. The number of benzene rings is 2. The summed E-state index contributed by atoms with van der Waals surface area (Å²) in [6.45, 7) is 2.21. The van der Waals surface area contributed by atoms with Gasteiger partial charge in [0.15, 0.2) is 5.60 Å². The first-order valence-corrected chi connectivity index (χ1v) is 11.6. The molecule has 2 aromatic carbocycles. The van der Waals surface area contributed by atoms with Crippen LogP contribution in [0.25, 0.3) is 0 Å². The molecule has 0 spiro atoms. The predicted octanol–water partition coefficient (Wildman–Crippen LogP) is 4.54. The monoisotopic (exact) mass is 436 g/mol. The van der Waals surface area contributed by atoms with E-state index in [9.17, 15) is 5.11 Å². The van der Waals surface area contributed by atoms with Crippen molar-refractivity contribution in [1.82, 2.24) is 10.1 Å². The number of aromatic nitrogens is 2. The van der Waals surface area contributed by atoms with Crippen molar-refractivity contribution in [3.63, 3.8) is 0 Å². The molecule has 1 fully saturated rings. The van der Waals surface area contributed by atoms with Crippen LogP contribution in [0, 0.1) is 5.92 Å². The predicted molar refractivity (Wildman–Crippen MR) is 123 cm³/mol. The van der Waals surface area contributed by atoms with Gasteiger partial charge in [-0.25, -0.2) is 0 Å². The van der Waals surface area contributed by atoms with Crippen molar-refractivity contribution in [3.05, 3.63) is 77.9 Å². The fourth-order valence-electron chi connectivity index (χ4n) is 4.70. The van der Waals surface area contributed by atoms with Crippen LogP contribution in [-0.2, 0) is 12.1 Å². The van der Waals surface area contributed by atoms with Crippen LogP contribution in [0.1, 0.15) is 49.4 Å². The number of hydrogen-bond donors (Lipinski definition) is 1. The normalized spacial score (nSPS) is 16.7. The molecule has 0 saturated heterocycles. The molecule has 0 amide bonds. The number of hydrogen-bond acceptors (Lipinski definition) is 5. The Morgan fingerprint density at radius 3 is 2.38 bits per heavy atom. The topological polar surface area (TPSA) is 68.4 Å². The zero-order valence-electron chi connectivity index (χ0n) is 19.1. The summed E-state index contributed by atoms with van der Waals surface area (Å²) >= 11 is 0. The van der Waals surface area contributed by atoms with Crippen molar-refractivity contribution >= 4 is 0 Å². The van der Waals surface area contributed by atoms with Gasteiger partial charge in [-0.3, -0.25) is 0 Å². The largest absolute Gasteiger partial charge is 0.493 e. The summed E-state index contributed by atoms with van der Waals surface area (Å²) < 4.78 is 12.2. The first kappa shape index (κ1) is 22.5. The second-order valence-corrected chi connectivity index (χ2v) is 9.46. The Balaban J connectivity index is 1.41. The Morgan fingerprint density at radius 2 is 1.69 bits per heavy atom. The Hall–Kier alpha value is -2.70. The first-order valence-electron chi connectivity index (χ1n) is 11.6. The van der Waals surface area contributed by atoms with Crippen molar-refractivity contribution in [2.24, 2.45) is 5.92 Å². The second-order valence-electron chi connectivity index (χ2n) is 9.46. The van der Waals surface area contributed by atoms with Crippen LogP contribution >= 0.6 is 0 Å². The maximum Gasteiger partial charge on any atom is 0.263 e. The Morgan fingerprint density at radius 1 is 1.03 bits per heavy atom. The summed E-state index contributed by atoms with van der Waals surface area (Å²) in [5.41, 5.74) is -0.405. The molecule has 1 heterocycles. The molecule has 32 heavy (non-hydrogen) atoms. The number of nitrogens with zero attached hydrogens (tertiary/aromatic N) is 3. The van der Waals surface area contributed by atoms with Crippen molar-refractivity contribution < 1.29 is 18.8 Å². The van der Waals surface area contributed by atoms with Crippen LogP contribution in [-0.4, -0.2) is 47.0 Å².